The summed E-state index contributed by atoms with van der Waals surface area (Å²) in [5.41, 5.74) is 10.3. The second-order valence-corrected chi connectivity index (χ2v) is 42.6. The summed E-state index contributed by atoms with van der Waals surface area (Å²) >= 11 is 15.8. The van der Waals surface area contributed by atoms with Crippen LogP contribution < -0.4 is 41.4 Å². The van der Waals surface area contributed by atoms with Gasteiger partial charge in [-0.25, -0.2) is 0 Å². The van der Waals surface area contributed by atoms with E-state index in [0.717, 1.165) is 220 Å². The molecule has 6 N–H and O–H groups in total. The van der Waals surface area contributed by atoms with Crippen LogP contribution >= 0.6 is 45.9 Å². The summed E-state index contributed by atoms with van der Waals surface area (Å²) < 4.78 is 50.2. The van der Waals surface area contributed by atoms with Crippen LogP contribution in [0.25, 0.3) is 10.0 Å². The molecule has 0 unspecified atom stereocenters. The van der Waals surface area contributed by atoms with Crippen LogP contribution in [0.2, 0.25) is 10.0 Å². The Morgan fingerprint density at radius 2 is 0.771 bits per heavy atom. The molecule has 2 aliphatic carbocycles. The van der Waals surface area contributed by atoms with Gasteiger partial charge in [0.05, 0.1) is 116 Å². The van der Waals surface area contributed by atoms with Gasteiger partial charge in [0, 0.05) is 106 Å². The molecule has 36 heteroatoms. The number of aryl methyl sites for hydroxylation is 4. The maximum Gasteiger partial charge on any atom is 0.245 e. The Morgan fingerprint density at radius 1 is 0.424 bits per heavy atom. The average molecular weight is 2060 g/mol. The topological polar surface area (TPSA) is 348 Å². The normalized spacial score (nSPS) is 19.9. The van der Waals surface area contributed by atoms with E-state index in [1.807, 2.05) is 110 Å². The Kier molecular flexibility index (Phi) is 40.7. The van der Waals surface area contributed by atoms with Crippen molar-refractivity contribution in [3.63, 3.8) is 0 Å². The molecule has 16 rings (SSSR count). The molecule has 32 nitrogen and oxygen atoms in total. The number of carbonyl (C=O) groups is 6. The van der Waals surface area contributed by atoms with Gasteiger partial charge in [0.15, 0.2) is 11.6 Å². The van der Waals surface area contributed by atoms with Crippen molar-refractivity contribution >= 4 is 92.7 Å². The molecule has 4 aromatic heterocycles. The third-order valence-corrected chi connectivity index (χ3v) is 32.7. The van der Waals surface area contributed by atoms with Crippen molar-refractivity contribution in [2.24, 2.45) is 33.7 Å². The van der Waals surface area contributed by atoms with Crippen molar-refractivity contribution in [1.29, 1.82) is 0 Å². The Balaban J connectivity index is 0.000000217. The highest BCUT2D eigenvalue weighted by molar-refractivity contribution is 7.15. The highest BCUT2D eigenvalue weighted by atomic mass is 35.5. The van der Waals surface area contributed by atoms with Gasteiger partial charge in [0.1, 0.15) is 70.5 Å². The predicted octanol–water partition coefficient (Wildman–Crippen LogP) is 13.1. The molecular weight excluding hydrogens is 1910 g/mol. The molecule has 8 aromatic rings. The van der Waals surface area contributed by atoms with Crippen LogP contribution in [0.5, 0.6) is 11.5 Å². The van der Waals surface area contributed by atoms with Gasteiger partial charge in [-0.3, -0.25) is 47.9 Å². The first kappa shape index (κ1) is 109. The van der Waals surface area contributed by atoms with Gasteiger partial charge < -0.3 is 89.4 Å². The number of likely N-dealkylation sites (N-methyl/N-ethyl adjacent to an activating group) is 2. The number of hydrogen-bond acceptors (Lipinski definition) is 26. The number of amides is 6. The van der Waals surface area contributed by atoms with E-state index >= 15 is 0 Å². The zero-order valence-electron chi connectivity index (χ0n) is 85.5. The van der Waals surface area contributed by atoms with E-state index in [4.69, 9.17) is 71.1 Å². The quantitative estimate of drug-likeness (QED) is 0.0193. The zero-order chi connectivity index (χ0) is 101. The van der Waals surface area contributed by atoms with Crippen LogP contribution in [0.15, 0.2) is 107 Å². The maximum absolute atomic E-state index is 14.2. The Labute approximate surface area is 866 Å². The van der Waals surface area contributed by atoms with Crippen molar-refractivity contribution in [3.8, 4) is 21.5 Å². The van der Waals surface area contributed by atoms with Gasteiger partial charge >= 0.3 is 0 Å². The number of carbonyl (C=O) groups excluding carboxylic acids is 6. The number of thiophene rings is 2. The molecule has 780 valence electrons. The molecule has 10 atom stereocenters. The van der Waals surface area contributed by atoms with Crippen molar-refractivity contribution in [3.05, 3.63) is 185 Å². The molecule has 2 saturated carbocycles. The Bertz CT molecular complexity index is 5250. The van der Waals surface area contributed by atoms with E-state index < -0.39 is 24.2 Å². The summed E-state index contributed by atoms with van der Waals surface area (Å²) in [5, 5.41) is 39.4. The lowest BCUT2D eigenvalue weighted by molar-refractivity contribution is -0.140. The van der Waals surface area contributed by atoms with Gasteiger partial charge in [-0.05, 0) is 241 Å². The number of aromatic nitrogens is 6. The van der Waals surface area contributed by atoms with E-state index in [1.165, 1.54) is 33.7 Å². The number of piperidine rings is 2. The molecule has 4 aromatic carbocycles. The van der Waals surface area contributed by atoms with Gasteiger partial charge in [0.2, 0.25) is 35.4 Å². The fraction of sp³-hybridized carbons (Fsp3) is 0.593. The van der Waals surface area contributed by atoms with Gasteiger partial charge in [0.25, 0.3) is 0 Å². The summed E-state index contributed by atoms with van der Waals surface area (Å²) in [6, 6.07) is 29.6. The van der Waals surface area contributed by atoms with E-state index in [2.05, 4.69) is 124 Å². The summed E-state index contributed by atoms with van der Waals surface area (Å²) in [6.07, 6.45) is 17.2. The second-order valence-electron chi connectivity index (χ2n) is 39.3. The van der Waals surface area contributed by atoms with Crippen LogP contribution in [0.1, 0.15) is 206 Å². The first-order valence-electron chi connectivity index (χ1n) is 52.1. The number of halogens is 2. The number of nitrogens with one attached hydrogen (secondary N) is 6. The van der Waals surface area contributed by atoms with Gasteiger partial charge in [-0.15, -0.1) is 43.1 Å². The number of aliphatic imine (C=N–C) groups is 2. The van der Waals surface area contributed by atoms with Crippen LogP contribution in [-0.2, 0) is 70.0 Å². The van der Waals surface area contributed by atoms with Crippen LogP contribution in [0.4, 0.5) is 0 Å². The number of likely N-dealkylation sites (tertiary alicyclic amines) is 4. The van der Waals surface area contributed by atoms with E-state index in [1.54, 1.807) is 36.8 Å². The monoisotopic (exact) mass is 2060 g/mol. The standard InChI is InChI=1S/2C54H74ClN9O7S/c2*1-35-37(3)72-54-48(35)49(42-13-15-43(55)16-14-42)58-45(51-61-60-38(4)64(51)54)33-47(65)57-22-26-68-27-28-69-29-30-70-31-32-71-44-17-11-39(12-18-44)19-23-62-24-20-40-21-25-63(46(40)34-62)53(67)50(41-9-7-6-8-10-41)59-52(66)36(2)56-5/h2*11-18,36,40-41,45-46,50,56H,6-10,19-34H2,1-5H3,(H,57,65)(H,59,66)/t36-,40+,45-,46+,50-;36-,40-,45-,46-,50-/m00/s1. The number of ether oxygens (including phenoxy) is 8. The smallest absolute Gasteiger partial charge is 0.245 e. The lowest BCUT2D eigenvalue weighted by Gasteiger charge is -2.41. The summed E-state index contributed by atoms with van der Waals surface area (Å²) in [5.74, 6) is 5.58. The van der Waals surface area contributed by atoms with Gasteiger partial charge in [-0.1, -0.05) is 110 Å². The highest BCUT2D eigenvalue weighted by Gasteiger charge is 2.48. The second kappa shape index (κ2) is 53.9. The molecule has 6 aliphatic heterocycles. The van der Waals surface area contributed by atoms with Crippen molar-refractivity contribution < 1.29 is 66.7 Å². The largest absolute Gasteiger partial charge is 0.491 e. The van der Waals surface area contributed by atoms with E-state index in [-0.39, 0.29) is 84.3 Å². The molecule has 6 amide bonds. The molecule has 6 fully saturated rings. The fourth-order valence-electron chi connectivity index (χ4n) is 21.1. The fourth-order valence-corrected chi connectivity index (χ4v) is 23.8. The molecule has 10 heterocycles. The van der Waals surface area contributed by atoms with Crippen LogP contribution in [0, 0.1) is 65.2 Å². The molecule has 8 aliphatic rings. The van der Waals surface area contributed by atoms with Crippen LogP contribution in [-0.4, -0.2) is 304 Å². The van der Waals surface area contributed by atoms with E-state index in [0.29, 0.717) is 139 Å². The molecular formula is C108H148Cl2N18O14S2. The molecule has 0 bridgehead atoms. The lowest BCUT2D eigenvalue weighted by Crippen LogP contribution is -2.58. The number of nitrogens with zero attached hydrogens (tertiary/aromatic N) is 12. The maximum atomic E-state index is 14.2. The molecule has 0 radical (unpaired) electrons. The predicted molar refractivity (Wildman–Crippen MR) is 561 cm³/mol. The van der Waals surface area contributed by atoms with E-state index in [9.17, 15) is 28.8 Å². The Morgan fingerprint density at radius 3 is 1.13 bits per heavy atom. The first-order chi connectivity index (χ1) is 70.0. The minimum atomic E-state index is -0.538. The summed E-state index contributed by atoms with van der Waals surface area (Å²) in [7, 11) is 3.56. The highest BCUT2D eigenvalue weighted by Crippen LogP contribution is 2.44. The molecule has 144 heavy (non-hydrogen) atoms. The number of rotatable bonds is 48. The summed E-state index contributed by atoms with van der Waals surface area (Å²) in [4.78, 5) is 103. The van der Waals surface area contributed by atoms with Crippen molar-refractivity contribution in [1.82, 2.24) is 81.0 Å². The van der Waals surface area contributed by atoms with Gasteiger partial charge in [-0.2, -0.15) is 0 Å². The number of benzene rings is 4. The lowest BCUT2D eigenvalue weighted by atomic mass is 9.83. The Hall–Kier alpha value is -9.50. The minimum absolute atomic E-state index is 0.0957. The SMILES string of the molecule is CN[C@@H](C)C(=O)N[C@H](C(=O)N1CC[C@@H]2CCN(CCc3ccc(OCCOCCOCCOCCNC(=O)C[C@@H]4N=C(c5ccc(Cl)cc5)c5c(sc(C)c5C)-n5c(C)nnc54)cc3)C[C@@H]21)C1CCCCC1.CN[C@@H](C)C(=O)N[C@H](C(=O)N1CC[C@H]2CCN(CCc3ccc(OCCOCCOCCOCCNC(=O)C[C@@H]4N=C(c5ccc(Cl)cc5)c5c(sc(C)c5C)-n5c(C)nnc54)cc3)C[C@H]21)C1CCCCC1. The van der Waals surface area contributed by atoms with Crippen LogP contribution in [0.3, 0.4) is 0 Å². The van der Waals surface area contributed by atoms with Crippen molar-refractivity contribution in [2.75, 3.05) is 172 Å². The number of hydrogen-bond donors (Lipinski definition) is 6. The van der Waals surface area contributed by atoms with Crippen molar-refractivity contribution in [2.45, 2.75) is 219 Å². The zero-order valence-corrected chi connectivity index (χ0v) is 88.7. The summed E-state index contributed by atoms with van der Waals surface area (Å²) in [6.45, 7) is 29.8. The first-order valence-corrected chi connectivity index (χ1v) is 54.5. The third-order valence-electron chi connectivity index (χ3n) is 29.9. The average Bonchev–Trinajstić information content (AvgIpc) is 1.59. The number of fused-ring (bicyclic) bond motifs is 8. The minimum Gasteiger partial charge on any atom is -0.491 e. The molecule has 4 saturated heterocycles. The third kappa shape index (κ3) is 28.7. The molecule has 0 spiro atoms.